The molecule has 0 radical (unpaired) electrons. The van der Waals surface area contributed by atoms with Crippen molar-refractivity contribution in [2.45, 2.75) is 65.6 Å². The number of aliphatic hydroxyl groups is 2. The fraction of sp³-hybridized carbons (Fsp3) is 1.00. The number of rotatable bonds is 7. The molecular weight excluding hydrogens is 176 g/mol. The van der Waals surface area contributed by atoms with Gasteiger partial charge in [-0.3, -0.25) is 0 Å². The van der Waals surface area contributed by atoms with Crippen LogP contribution in [0.25, 0.3) is 0 Å². The van der Waals surface area contributed by atoms with Crippen molar-refractivity contribution in [3.63, 3.8) is 0 Å². The minimum Gasteiger partial charge on any atom is -0.393 e. The van der Waals surface area contributed by atoms with Crippen LogP contribution in [-0.4, -0.2) is 22.4 Å². The van der Waals surface area contributed by atoms with Gasteiger partial charge >= 0.3 is 0 Å². The van der Waals surface area contributed by atoms with E-state index in [4.69, 9.17) is 0 Å². The summed E-state index contributed by atoms with van der Waals surface area (Å²) in [5.74, 6) is 0.886. The molecule has 0 aromatic rings. The molecule has 14 heavy (non-hydrogen) atoms. The first kappa shape index (κ1) is 13.9. The molecule has 2 atom stereocenters. The van der Waals surface area contributed by atoms with E-state index in [-0.39, 0.29) is 12.2 Å². The van der Waals surface area contributed by atoms with Crippen LogP contribution in [0.5, 0.6) is 0 Å². The molecule has 0 aromatic heterocycles. The van der Waals surface area contributed by atoms with Crippen LogP contribution in [-0.2, 0) is 0 Å². The second kappa shape index (κ2) is 7.24. The van der Waals surface area contributed by atoms with Crippen molar-refractivity contribution in [1.82, 2.24) is 0 Å². The van der Waals surface area contributed by atoms with Gasteiger partial charge in [-0.25, -0.2) is 0 Å². The molecule has 0 saturated heterocycles. The lowest BCUT2D eigenvalue weighted by molar-refractivity contribution is 0.0968. The maximum atomic E-state index is 9.59. The largest absolute Gasteiger partial charge is 0.393 e. The molecule has 2 N–H and O–H groups in total. The van der Waals surface area contributed by atoms with E-state index in [9.17, 15) is 10.2 Å². The Morgan fingerprint density at radius 2 is 1.50 bits per heavy atom. The summed E-state index contributed by atoms with van der Waals surface area (Å²) in [5, 5.41) is 19.1. The van der Waals surface area contributed by atoms with E-state index in [1.165, 1.54) is 0 Å². The van der Waals surface area contributed by atoms with Crippen molar-refractivity contribution < 1.29 is 10.2 Å². The Balaban J connectivity index is 3.44. The van der Waals surface area contributed by atoms with E-state index in [0.717, 1.165) is 25.7 Å². The Morgan fingerprint density at radius 1 is 0.929 bits per heavy atom. The van der Waals surface area contributed by atoms with Gasteiger partial charge < -0.3 is 10.2 Å². The smallest absolute Gasteiger partial charge is 0.0563 e. The zero-order valence-corrected chi connectivity index (χ0v) is 10.0. The molecule has 0 aliphatic carbocycles. The lowest BCUT2D eigenvalue weighted by atomic mass is 9.97. The van der Waals surface area contributed by atoms with Gasteiger partial charge in [-0.2, -0.15) is 0 Å². The minimum atomic E-state index is -0.207. The lowest BCUT2D eigenvalue weighted by Gasteiger charge is -2.16. The summed E-state index contributed by atoms with van der Waals surface area (Å²) >= 11 is 0. The second-order valence-corrected chi connectivity index (χ2v) is 5.03. The Hall–Kier alpha value is -0.0800. The van der Waals surface area contributed by atoms with Gasteiger partial charge in [-0.15, -0.1) is 0 Å². The first-order valence-corrected chi connectivity index (χ1v) is 5.79. The quantitative estimate of drug-likeness (QED) is 0.666. The van der Waals surface area contributed by atoms with E-state index >= 15 is 0 Å². The summed E-state index contributed by atoms with van der Waals surface area (Å²) in [5.41, 5.74) is 0. The Labute approximate surface area is 88.3 Å². The normalized spacial score (nSPS) is 16.3. The number of aliphatic hydroxyl groups excluding tert-OH is 2. The van der Waals surface area contributed by atoms with Crippen LogP contribution in [0.3, 0.4) is 0 Å². The molecule has 86 valence electrons. The van der Waals surface area contributed by atoms with Crippen LogP contribution in [0.1, 0.15) is 53.4 Å². The summed E-state index contributed by atoms with van der Waals surface area (Å²) < 4.78 is 0. The molecular formula is C12H26O2. The van der Waals surface area contributed by atoms with Crippen molar-refractivity contribution in [3.05, 3.63) is 0 Å². The zero-order chi connectivity index (χ0) is 11.1. The molecule has 0 aliphatic rings. The van der Waals surface area contributed by atoms with Crippen LogP contribution in [0.15, 0.2) is 0 Å². The summed E-state index contributed by atoms with van der Waals surface area (Å²) in [4.78, 5) is 0. The molecule has 0 aromatic carbocycles. The minimum absolute atomic E-state index is 0.186. The molecule has 0 aliphatic heterocycles. The molecule has 0 fully saturated rings. The van der Waals surface area contributed by atoms with Crippen molar-refractivity contribution >= 4 is 0 Å². The predicted molar refractivity (Wildman–Crippen MR) is 60.2 cm³/mol. The summed E-state index contributed by atoms with van der Waals surface area (Å²) in [7, 11) is 0. The van der Waals surface area contributed by atoms with Gasteiger partial charge in [0.25, 0.3) is 0 Å². The Morgan fingerprint density at radius 3 is 1.93 bits per heavy atom. The van der Waals surface area contributed by atoms with Crippen LogP contribution in [0, 0.1) is 11.8 Å². The molecule has 2 nitrogen and oxygen atoms in total. The monoisotopic (exact) mass is 202 g/mol. The van der Waals surface area contributed by atoms with Crippen LogP contribution >= 0.6 is 0 Å². The zero-order valence-electron chi connectivity index (χ0n) is 10.0. The fourth-order valence-electron chi connectivity index (χ4n) is 1.56. The van der Waals surface area contributed by atoms with Crippen molar-refractivity contribution in [2.75, 3.05) is 0 Å². The van der Waals surface area contributed by atoms with Crippen molar-refractivity contribution in [1.29, 1.82) is 0 Å². The summed E-state index contributed by atoms with van der Waals surface area (Å²) in [6.45, 7) is 8.28. The second-order valence-electron chi connectivity index (χ2n) is 5.03. The van der Waals surface area contributed by atoms with Gasteiger partial charge in [0.05, 0.1) is 12.2 Å². The topological polar surface area (TPSA) is 40.5 Å². The van der Waals surface area contributed by atoms with Crippen molar-refractivity contribution in [3.8, 4) is 0 Å². The van der Waals surface area contributed by atoms with E-state index in [1.807, 2.05) is 13.8 Å². The summed E-state index contributed by atoms with van der Waals surface area (Å²) in [6.07, 6.45) is 3.04. The molecule has 0 heterocycles. The highest BCUT2D eigenvalue weighted by Crippen LogP contribution is 2.14. The standard InChI is InChI=1S/C12H26O2/c1-9(2)8-11(13)6-5-7-12(14)10(3)4/h9-14H,5-8H2,1-4H3. The molecule has 0 bridgehead atoms. The average molecular weight is 202 g/mol. The maximum absolute atomic E-state index is 9.59. The molecule has 2 unspecified atom stereocenters. The average Bonchev–Trinajstić information content (AvgIpc) is 2.02. The van der Waals surface area contributed by atoms with Crippen molar-refractivity contribution in [2.24, 2.45) is 11.8 Å². The first-order valence-electron chi connectivity index (χ1n) is 5.79. The third kappa shape index (κ3) is 7.34. The fourth-order valence-corrected chi connectivity index (χ4v) is 1.56. The maximum Gasteiger partial charge on any atom is 0.0563 e. The van der Waals surface area contributed by atoms with E-state index in [2.05, 4.69) is 13.8 Å². The van der Waals surface area contributed by atoms with Gasteiger partial charge in [0.15, 0.2) is 0 Å². The number of hydrogen-bond acceptors (Lipinski definition) is 2. The molecule has 0 rings (SSSR count). The highest BCUT2D eigenvalue weighted by molar-refractivity contribution is 4.63. The van der Waals surface area contributed by atoms with Gasteiger partial charge in [0.2, 0.25) is 0 Å². The molecule has 2 heteroatoms. The molecule has 0 amide bonds. The first-order chi connectivity index (χ1) is 6.43. The van der Waals surface area contributed by atoms with Gasteiger partial charge in [-0.1, -0.05) is 27.7 Å². The lowest BCUT2D eigenvalue weighted by Crippen LogP contribution is -2.16. The number of hydrogen-bond donors (Lipinski definition) is 2. The van der Waals surface area contributed by atoms with Gasteiger partial charge in [0.1, 0.15) is 0 Å². The predicted octanol–water partition coefficient (Wildman–Crippen LogP) is 2.58. The van der Waals surface area contributed by atoms with Crippen LogP contribution in [0.4, 0.5) is 0 Å². The summed E-state index contributed by atoms with van der Waals surface area (Å²) in [6, 6.07) is 0. The third-order valence-electron chi connectivity index (χ3n) is 2.55. The SMILES string of the molecule is CC(C)CC(O)CCCC(O)C(C)C. The van der Waals surface area contributed by atoms with Crippen LogP contribution < -0.4 is 0 Å². The van der Waals surface area contributed by atoms with Crippen LogP contribution in [0.2, 0.25) is 0 Å². The highest BCUT2D eigenvalue weighted by atomic mass is 16.3. The molecule has 0 saturated carbocycles. The highest BCUT2D eigenvalue weighted by Gasteiger charge is 2.11. The molecule has 0 spiro atoms. The Kier molecular flexibility index (Phi) is 7.20. The van der Waals surface area contributed by atoms with E-state index in [0.29, 0.717) is 11.8 Å². The van der Waals surface area contributed by atoms with Gasteiger partial charge in [0, 0.05) is 0 Å². The Bertz CT molecular complexity index is 132. The van der Waals surface area contributed by atoms with Gasteiger partial charge in [-0.05, 0) is 37.5 Å². The van der Waals surface area contributed by atoms with E-state index < -0.39 is 0 Å². The van der Waals surface area contributed by atoms with E-state index in [1.54, 1.807) is 0 Å². The third-order valence-corrected chi connectivity index (χ3v) is 2.55.